The SMILES string of the molecule is O=C(CNC(=O)OCc1ccccc1)N[C@@H](Cc1ccccc1I)C(=O)O. The Morgan fingerprint density at radius 2 is 1.70 bits per heavy atom. The Hall–Kier alpha value is -2.62. The highest BCUT2D eigenvalue weighted by Crippen LogP contribution is 2.13. The van der Waals surface area contributed by atoms with E-state index in [-0.39, 0.29) is 19.6 Å². The number of hydrogen-bond acceptors (Lipinski definition) is 4. The first-order valence-corrected chi connectivity index (χ1v) is 9.23. The van der Waals surface area contributed by atoms with Gasteiger partial charge in [-0.25, -0.2) is 9.59 Å². The van der Waals surface area contributed by atoms with Gasteiger partial charge in [-0.15, -0.1) is 0 Å². The fourth-order valence-electron chi connectivity index (χ4n) is 2.26. The lowest BCUT2D eigenvalue weighted by molar-refractivity contribution is -0.141. The number of ether oxygens (including phenoxy) is 1. The molecule has 0 saturated carbocycles. The molecule has 142 valence electrons. The number of benzene rings is 2. The maximum absolute atomic E-state index is 12.0. The Morgan fingerprint density at radius 3 is 2.37 bits per heavy atom. The number of hydrogen-bond donors (Lipinski definition) is 3. The Balaban J connectivity index is 1.79. The average molecular weight is 482 g/mol. The molecule has 2 aromatic rings. The maximum atomic E-state index is 12.0. The van der Waals surface area contributed by atoms with Gasteiger partial charge in [-0.3, -0.25) is 4.79 Å². The maximum Gasteiger partial charge on any atom is 0.407 e. The van der Waals surface area contributed by atoms with Gasteiger partial charge >= 0.3 is 12.1 Å². The summed E-state index contributed by atoms with van der Waals surface area (Å²) >= 11 is 2.11. The topological polar surface area (TPSA) is 105 Å². The second kappa shape index (κ2) is 10.5. The number of rotatable bonds is 8. The van der Waals surface area contributed by atoms with Crippen molar-refractivity contribution in [2.75, 3.05) is 6.54 Å². The van der Waals surface area contributed by atoms with E-state index in [1.165, 1.54) is 0 Å². The summed E-state index contributed by atoms with van der Waals surface area (Å²) in [5.41, 5.74) is 1.64. The number of amides is 2. The quantitative estimate of drug-likeness (QED) is 0.502. The molecule has 0 unspecified atom stereocenters. The number of aliphatic carboxylic acids is 1. The first-order chi connectivity index (χ1) is 13.0. The zero-order chi connectivity index (χ0) is 19.6. The second-order valence-corrected chi connectivity index (χ2v) is 6.83. The molecule has 7 nitrogen and oxygen atoms in total. The molecule has 0 heterocycles. The Kier molecular flexibility index (Phi) is 8.05. The van der Waals surface area contributed by atoms with Crippen LogP contribution >= 0.6 is 22.6 Å². The zero-order valence-corrected chi connectivity index (χ0v) is 16.5. The van der Waals surface area contributed by atoms with Gasteiger partial charge in [0.05, 0.1) is 0 Å². The van der Waals surface area contributed by atoms with Gasteiger partial charge in [-0.2, -0.15) is 0 Å². The van der Waals surface area contributed by atoms with E-state index in [9.17, 15) is 19.5 Å². The van der Waals surface area contributed by atoms with Crippen LogP contribution in [0.25, 0.3) is 0 Å². The molecule has 0 radical (unpaired) electrons. The van der Waals surface area contributed by atoms with Crippen molar-refractivity contribution in [3.05, 3.63) is 69.3 Å². The monoisotopic (exact) mass is 482 g/mol. The van der Waals surface area contributed by atoms with Crippen LogP contribution in [0.1, 0.15) is 11.1 Å². The third kappa shape index (κ3) is 7.26. The fourth-order valence-corrected chi connectivity index (χ4v) is 2.86. The molecule has 27 heavy (non-hydrogen) atoms. The van der Waals surface area contributed by atoms with Gasteiger partial charge in [0.25, 0.3) is 0 Å². The van der Waals surface area contributed by atoms with Gasteiger partial charge < -0.3 is 20.5 Å². The van der Waals surface area contributed by atoms with Crippen molar-refractivity contribution in [3.63, 3.8) is 0 Å². The minimum Gasteiger partial charge on any atom is -0.480 e. The number of carboxylic acids is 1. The highest BCUT2D eigenvalue weighted by Gasteiger charge is 2.21. The van der Waals surface area contributed by atoms with Crippen LogP contribution in [0.2, 0.25) is 0 Å². The summed E-state index contributed by atoms with van der Waals surface area (Å²) in [5.74, 6) is -1.75. The summed E-state index contributed by atoms with van der Waals surface area (Å²) in [6, 6.07) is 15.4. The van der Waals surface area contributed by atoms with Crippen LogP contribution in [-0.2, 0) is 27.4 Å². The van der Waals surface area contributed by atoms with Crippen molar-refractivity contribution in [1.29, 1.82) is 0 Å². The Morgan fingerprint density at radius 1 is 1.04 bits per heavy atom. The fraction of sp³-hybridized carbons (Fsp3) is 0.211. The summed E-state index contributed by atoms with van der Waals surface area (Å²) in [4.78, 5) is 35.0. The van der Waals surface area contributed by atoms with Crippen LogP contribution in [0.15, 0.2) is 54.6 Å². The number of halogens is 1. The molecule has 2 rings (SSSR count). The highest BCUT2D eigenvalue weighted by molar-refractivity contribution is 14.1. The smallest absolute Gasteiger partial charge is 0.407 e. The normalized spacial score (nSPS) is 11.3. The van der Waals surface area contributed by atoms with Crippen LogP contribution < -0.4 is 10.6 Å². The number of carboxylic acid groups (broad SMARTS) is 1. The molecule has 0 spiro atoms. The summed E-state index contributed by atoms with van der Waals surface area (Å²) in [5, 5.41) is 14.0. The predicted molar refractivity (Wildman–Crippen MR) is 107 cm³/mol. The Bertz CT molecular complexity index is 798. The summed E-state index contributed by atoms with van der Waals surface area (Å²) in [7, 11) is 0. The number of carbonyl (C=O) groups excluding carboxylic acids is 2. The predicted octanol–water partition coefficient (Wildman–Crippen LogP) is 2.33. The molecule has 0 aliphatic rings. The van der Waals surface area contributed by atoms with Crippen LogP contribution in [0.3, 0.4) is 0 Å². The Labute approximate surface area is 170 Å². The lowest BCUT2D eigenvalue weighted by atomic mass is 10.1. The summed E-state index contributed by atoms with van der Waals surface area (Å²) < 4.78 is 5.91. The zero-order valence-electron chi connectivity index (χ0n) is 14.4. The molecule has 0 bridgehead atoms. The van der Waals surface area contributed by atoms with Gasteiger partial charge in [-0.1, -0.05) is 48.5 Å². The van der Waals surface area contributed by atoms with Gasteiger partial charge in [0.1, 0.15) is 19.2 Å². The van der Waals surface area contributed by atoms with E-state index in [1.54, 1.807) is 0 Å². The molecule has 0 aliphatic heterocycles. The molecule has 8 heteroatoms. The van der Waals surface area contributed by atoms with Crippen LogP contribution in [0.5, 0.6) is 0 Å². The molecular weight excluding hydrogens is 463 g/mol. The van der Waals surface area contributed by atoms with Gasteiger partial charge in [0, 0.05) is 9.99 Å². The van der Waals surface area contributed by atoms with Gasteiger partial charge in [0.15, 0.2) is 0 Å². The van der Waals surface area contributed by atoms with Crippen molar-refractivity contribution < 1.29 is 24.2 Å². The van der Waals surface area contributed by atoms with Gasteiger partial charge in [0.2, 0.25) is 5.91 Å². The van der Waals surface area contributed by atoms with E-state index in [1.807, 2.05) is 54.6 Å². The molecule has 2 amide bonds. The van der Waals surface area contributed by atoms with Crippen molar-refractivity contribution in [3.8, 4) is 0 Å². The lowest BCUT2D eigenvalue weighted by Crippen LogP contribution is -2.46. The van der Waals surface area contributed by atoms with Crippen LogP contribution in [0, 0.1) is 3.57 Å². The summed E-state index contributed by atoms with van der Waals surface area (Å²) in [6.07, 6.45) is -0.600. The molecule has 1 atom stereocenters. The molecular formula is C19H19IN2O5. The molecule has 0 saturated heterocycles. The number of alkyl carbamates (subject to hydrolysis) is 1. The largest absolute Gasteiger partial charge is 0.480 e. The number of carbonyl (C=O) groups is 3. The minimum absolute atomic E-state index is 0.0818. The van der Waals surface area contributed by atoms with Crippen molar-refractivity contribution in [1.82, 2.24) is 10.6 Å². The molecule has 0 aromatic heterocycles. The third-order valence-corrected chi connectivity index (χ3v) is 4.67. The molecule has 0 aliphatic carbocycles. The van der Waals surface area contributed by atoms with Gasteiger partial charge in [-0.05, 0) is 39.8 Å². The summed E-state index contributed by atoms with van der Waals surface area (Å²) in [6.45, 7) is -0.290. The third-order valence-electron chi connectivity index (χ3n) is 3.62. The molecule has 3 N–H and O–H groups in total. The molecule has 2 aromatic carbocycles. The van der Waals surface area contributed by atoms with Crippen LogP contribution in [-0.4, -0.2) is 35.7 Å². The minimum atomic E-state index is -1.14. The van der Waals surface area contributed by atoms with Crippen LogP contribution in [0.4, 0.5) is 4.79 Å². The van der Waals surface area contributed by atoms with Crippen molar-refractivity contribution in [2.24, 2.45) is 0 Å². The molecule has 0 fully saturated rings. The number of nitrogens with one attached hydrogen (secondary N) is 2. The lowest BCUT2D eigenvalue weighted by Gasteiger charge is -2.16. The highest BCUT2D eigenvalue weighted by atomic mass is 127. The first-order valence-electron chi connectivity index (χ1n) is 8.16. The van der Waals surface area contributed by atoms with Crippen molar-refractivity contribution >= 4 is 40.6 Å². The van der Waals surface area contributed by atoms with E-state index >= 15 is 0 Å². The van der Waals surface area contributed by atoms with E-state index in [0.29, 0.717) is 0 Å². The van der Waals surface area contributed by atoms with E-state index in [0.717, 1.165) is 14.7 Å². The van der Waals surface area contributed by atoms with E-state index in [2.05, 4.69) is 33.2 Å². The van der Waals surface area contributed by atoms with Crippen molar-refractivity contribution in [2.45, 2.75) is 19.1 Å². The standard InChI is InChI=1S/C19H19IN2O5/c20-15-9-5-4-8-14(15)10-16(18(24)25)22-17(23)11-21-19(26)27-12-13-6-2-1-3-7-13/h1-9,16H,10-12H2,(H,21,26)(H,22,23)(H,24,25)/t16-/m0/s1. The second-order valence-electron chi connectivity index (χ2n) is 5.67. The first kappa shape index (κ1) is 20.7. The average Bonchev–Trinajstić information content (AvgIpc) is 2.66. The van der Waals surface area contributed by atoms with E-state index in [4.69, 9.17) is 4.74 Å². The van der Waals surface area contributed by atoms with E-state index < -0.39 is 24.0 Å².